The number of hydrogen-bond donors (Lipinski definition) is 2. The van der Waals surface area contributed by atoms with Crippen molar-refractivity contribution < 1.29 is 4.79 Å². The van der Waals surface area contributed by atoms with Crippen molar-refractivity contribution in [2.24, 2.45) is 0 Å². The first kappa shape index (κ1) is 21.6. The van der Waals surface area contributed by atoms with Crippen LogP contribution in [0.25, 0.3) is 0 Å². The summed E-state index contributed by atoms with van der Waals surface area (Å²) >= 11 is 1.46. The summed E-state index contributed by atoms with van der Waals surface area (Å²) in [4.78, 5) is 27.0. The second-order valence-electron chi connectivity index (χ2n) is 7.04. The summed E-state index contributed by atoms with van der Waals surface area (Å²) in [7, 11) is 1.82. The number of nitrogens with one attached hydrogen (secondary N) is 1. The van der Waals surface area contributed by atoms with Gasteiger partial charge in [-0.25, -0.2) is 0 Å². The molecule has 0 saturated carbocycles. The van der Waals surface area contributed by atoms with Crippen LogP contribution in [0.2, 0.25) is 0 Å². The van der Waals surface area contributed by atoms with E-state index in [2.05, 4.69) is 33.3 Å². The fourth-order valence-electron chi connectivity index (χ4n) is 2.86. The largest absolute Gasteiger partial charge is 0.368 e. The summed E-state index contributed by atoms with van der Waals surface area (Å²) in [6.07, 6.45) is 0. The number of nitrogens with zero attached hydrogens (tertiary/aromatic N) is 4. The highest BCUT2D eigenvalue weighted by atomic mass is 32.2. The minimum atomic E-state index is 0.0588. The molecule has 0 aliphatic rings. The molecule has 0 aliphatic carbocycles. The Kier molecular flexibility index (Phi) is 7.24. The first-order valence-electron chi connectivity index (χ1n) is 9.61. The van der Waals surface area contributed by atoms with Crippen LogP contribution in [0.15, 0.2) is 48.5 Å². The standard InChI is InChI=1S/C22H26N6OS/c1-15-8-4-6-10-17(15)12-28(3)20(29)14-30-13-19-25-21(23)27-22(26-19)24-18-11-7-5-9-16(18)2/h4-11H,12-14H2,1-3H3,(H3,23,24,25,26,27). The highest BCUT2D eigenvalue weighted by Crippen LogP contribution is 2.19. The molecule has 0 radical (unpaired) electrons. The number of anilines is 3. The van der Waals surface area contributed by atoms with Crippen LogP contribution in [0, 0.1) is 13.8 Å². The zero-order chi connectivity index (χ0) is 21.5. The Morgan fingerprint density at radius 1 is 1.03 bits per heavy atom. The number of amides is 1. The molecule has 156 valence electrons. The van der Waals surface area contributed by atoms with Crippen molar-refractivity contribution in [3.63, 3.8) is 0 Å². The van der Waals surface area contributed by atoms with Gasteiger partial charge >= 0.3 is 0 Å². The maximum Gasteiger partial charge on any atom is 0.232 e. The second-order valence-corrected chi connectivity index (χ2v) is 8.03. The lowest BCUT2D eigenvalue weighted by Crippen LogP contribution is -2.28. The van der Waals surface area contributed by atoms with E-state index in [1.807, 2.05) is 56.4 Å². The number of aryl methyl sites for hydroxylation is 2. The third kappa shape index (κ3) is 5.93. The van der Waals surface area contributed by atoms with E-state index < -0.39 is 0 Å². The summed E-state index contributed by atoms with van der Waals surface area (Å²) in [5.74, 6) is 1.96. The molecule has 8 heteroatoms. The van der Waals surface area contributed by atoms with Gasteiger partial charge in [0.15, 0.2) is 0 Å². The molecule has 0 saturated heterocycles. The molecule has 0 atom stereocenters. The van der Waals surface area contributed by atoms with Crippen molar-refractivity contribution in [1.29, 1.82) is 0 Å². The topological polar surface area (TPSA) is 97.0 Å². The molecule has 3 aromatic rings. The van der Waals surface area contributed by atoms with E-state index in [0.717, 1.165) is 16.8 Å². The Hall–Kier alpha value is -3.13. The zero-order valence-electron chi connectivity index (χ0n) is 17.4. The molecule has 30 heavy (non-hydrogen) atoms. The van der Waals surface area contributed by atoms with E-state index >= 15 is 0 Å². The van der Waals surface area contributed by atoms with Gasteiger partial charge in [-0.2, -0.15) is 15.0 Å². The molecule has 0 fully saturated rings. The van der Waals surface area contributed by atoms with E-state index in [1.54, 1.807) is 4.90 Å². The Balaban J connectivity index is 1.55. The SMILES string of the molecule is Cc1ccccc1CN(C)C(=O)CSCc1nc(N)nc(Nc2ccccc2C)n1. The summed E-state index contributed by atoms with van der Waals surface area (Å²) in [5, 5.41) is 3.18. The highest BCUT2D eigenvalue weighted by molar-refractivity contribution is 7.99. The minimum Gasteiger partial charge on any atom is -0.368 e. The van der Waals surface area contributed by atoms with Gasteiger partial charge < -0.3 is 16.0 Å². The van der Waals surface area contributed by atoms with Crippen LogP contribution < -0.4 is 11.1 Å². The van der Waals surface area contributed by atoms with E-state index in [-0.39, 0.29) is 11.9 Å². The lowest BCUT2D eigenvalue weighted by Gasteiger charge is -2.18. The quantitative estimate of drug-likeness (QED) is 0.571. The van der Waals surface area contributed by atoms with Crippen molar-refractivity contribution in [3.05, 3.63) is 71.0 Å². The Bertz CT molecular complexity index is 1030. The molecule has 0 bridgehead atoms. The van der Waals surface area contributed by atoms with E-state index in [9.17, 15) is 4.79 Å². The van der Waals surface area contributed by atoms with Gasteiger partial charge in [0, 0.05) is 19.3 Å². The molecule has 2 aromatic carbocycles. The number of para-hydroxylation sites is 1. The number of hydrogen-bond acceptors (Lipinski definition) is 7. The molecule has 3 N–H and O–H groups in total. The molecular weight excluding hydrogens is 396 g/mol. The minimum absolute atomic E-state index is 0.0588. The van der Waals surface area contributed by atoms with Gasteiger partial charge in [-0.1, -0.05) is 42.5 Å². The number of carbonyl (C=O) groups is 1. The van der Waals surface area contributed by atoms with Crippen LogP contribution in [0.5, 0.6) is 0 Å². The van der Waals surface area contributed by atoms with Gasteiger partial charge in [-0.15, -0.1) is 11.8 Å². The van der Waals surface area contributed by atoms with Crippen molar-refractivity contribution in [3.8, 4) is 0 Å². The Morgan fingerprint density at radius 2 is 1.73 bits per heavy atom. The maximum atomic E-state index is 12.5. The van der Waals surface area contributed by atoms with E-state index in [0.29, 0.717) is 29.8 Å². The van der Waals surface area contributed by atoms with E-state index in [4.69, 9.17) is 5.73 Å². The van der Waals surface area contributed by atoms with Crippen molar-refractivity contribution in [2.45, 2.75) is 26.1 Å². The van der Waals surface area contributed by atoms with Crippen LogP contribution in [0.1, 0.15) is 22.5 Å². The van der Waals surface area contributed by atoms with Crippen LogP contribution in [0.3, 0.4) is 0 Å². The average Bonchev–Trinajstić information content (AvgIpc) is 2.71. The number of aromatic nitrogens is 3. The van der Waals surface area contributed by atoms with Crippen molar-refractivity contribution >= 4 is 35.3 Å². The van der Waals surface area contributed by atoms with Crippen molar-refractivity contribution in [2.75, 3.05) is 23.9 Å². The van der Waals surface area contributed by atoms with Gasteiger partial charge in [0.25, 0.3) is 0 Å². The van der Waals surface area contributed by atoms with Crippen molar-refractivity contribution in [1.82, 2.24) is 19.9 Å². The molecule has 1 aromatic heterocycles. The van der Waals surface area contributed by atoms with Gasteiger partial charge in [0.2, 0.25) is 17.8 Å². The predicted octanol–water partition coefficient (Wildman–Crippen LogP) is 3.71. The smallest absolute Gasteiger partial charge is 0.232 e. The molecular formula is C22H26N6OS. The fourth-order valence-corrected chi connectivity index (χ4v) is 3.67. The number of carbonyl (C=O) groups excluding carboxylic acids is 1. The summed E-state index contributed by atoms with van der Waals surface area (Å²) in [6.45, 7) is 4.65. The number of thioether (sulfide) groups is 1. The number of benzene rings is 2. The third-order valence-corrected chi connectivity index (χ3v) is 5.56. The Morgan fingerprint density at radius 3 is 2.47 bits per heavy atom. The monoisotopic (exact) mass is 422 g/mol. The average molecular weight is 423 g/mol. The molecule has 3 rings (SSSR count). The molecule has 0 spiro atoms. The first-order valence-corrected chi connectivity index (χ1v) is 10.8. The second kappa shape index (κ2) is 10.1. The third-order valence-electron chi connectivity index (χ3n) is 4.64. The molecule has 0 aliphatic heterocycles. The number of nitrogens with two attached hydrogens (primary N) is 1. The summed E-state index contributed by atoms with van der Waals surface area (Å²) < 4.78 is 0. The lowest BCUT2D eigenvalue weighted by atomic mass is 10.1. The summed E-state index contributed by atoms with van der Waals surface area (Å²) in [5.41, 5.74) is 10.2. The van der Waals surface area contributed by atoms with Gasteiger partial charge in [-0.3, -0.25) is 4.79 Å². The number of rotatable bonds is 8. The van der Waals surface area contributed by atoms with Gasteiger partial charge in [-0.05, 0) is 36.6 Å². The zero-order valence-corrected chi connectivity index (χ0v) is 18.2. The van der Waals surface area contributed by atoms with Crippen LogP contribution in [-0.4, -0.2) is 38.6 Å². The summed E-state index contributed by atoms with van der Waals surface area (Å²) in [6, 6.07) is 15.9. The molecule has 0 unspecified atom stereocenters. The van der Waals surface area contributed by atoms with E-state index in [1.165, 1.54) is 17.3 Å². The molecule has 7 nitrogen and oxygen atoms in total. The first-order chi connectivity index (χ1) is 14.4. The fraction of sp³-hybridized carbons (Fsp3) is 0.273. The number of nitrogen functional groups attached to an aromatic ring is 1. The van der Waals surface area contributed by atoms with Crippen LogP contribution >= 0.6 is 11.8 Å². The Labute approximate surface area is 181 Å². The lowest BCUT2D eigenvalue weighted by molar-refractivity contribution is -0.127. The normalized spacial score (nSPS) is 10.6. The van der Waals surface area contributed by atoms with Gasteiger partial charge in [0.05, 0.1) is 11.5 Å². The molecule has 1 heterocycles. The van der Waals surface area contributed by atoms with Crippen LogP contribution in [0.4, 0.5) is 17.6 Å². The predicted molar refractivity (Wildman–Crippen MR) is 123 cm³/mol. The highest BCUT2D eigenvalue weighted by Gasteiger charge is 2.12. The maximum absolute atomic E-state index is 12.5. The van der Waals surface area contributed by atoms with Gasteiger partial charge in [0.1, 0.15) is 5.82 Å². The molecule has 1 amide bonds. The van der Waals surface area contributed by atoms with Crippen LogP contribution in [-0.2, 0) is 17.1 Å².